The van der Waals surface area contributed by atoms with Gasteiger partial charge in [0.1, 0.15) is 5.69 Å². The molecular formula is C24H26N4O2S. The molecule has 1 N–H and O–H groups in total. The zero-order valence-electron chi connectivity index (χ0n) is 18.2. The Kier molecular flexibility index (Phi) is 5.73. The minimum absolute atomic E-state index is 0.576. The van der Waals surface area contributed by atoms with E-state index in [1.807, 2.05) is 61.0 Å². The number of rotatable bonds is 6. The van der Waals surface area contributed by atoms with Crippen LogP contribution < -0.4 is 0 Å². The Bertz CT molecular complexity index is 1260. The number of aryl methyl sites for hydroxylation is 1. The first kappa shape index (κ1) is 21.3. The van der Waals surface area contributed by atoms with Crippen molar-refractivity contribution in [2.24, 2.45) is 0 Å². The van der Waals surface area contributed by atoms with Crippen molar-refractivity contribution in [3.8, 4) is 22.6 Å². The summed E-state index contributed by atoms with van der Waals surface area (Å²) in [5.74, 6) is 0.576. The molecule has 6 nitrogen and oxygen atoms in total. The lowest BCUT2D eigenvalue weighted by Crippen LogP contribution is -2.15. The maximum Gasteiger partial charge on any atom is 0.119 e. The Morgan fingerprint density at radius 3 is 2.48 bits per heavy atom. The van der Waals surface area contributed by atoms with Crippen LogP contribution in [0.15, 0.2) is 59.8 Å². The van der Waals surface area contributed by atoms with Crippen LogP contribution in [0.3, 0.4) is 0 Å². The largest absolute Gasteiger partial charge is 0.386 e. The van der Waals surface area contributed by atoms with Gasteiger partial charge in [-0.3, -0.25) is 18.9 Å². The fourth-order valence-corrected chi connectivity index (χ4v) is 4.35. The topological polar surface area (TPSA) is 80.9 Å². The molecule has 3 heterocycles. The molecule has 1 unspecified atom stereocenters. The smallest absolute Gasteiger partial charge is 0.119 e. The van der Waals surface area contributed by atoms with Crippen LogP contribution in [0.5, 0.6) is 0 Å². The highest BCUT2D eigenvalue weighted by Crippen LogP contribution is 2.30. The lowest BCUT2D eigenvalue weighted by Gasteiger charge is -2.18. The second-order valence-electron chi connectivity index (χ2n) is 7.90. The first-order valence-corrected chi connectivity index (χ1v) is 11.7. The molecule has 7 heteroatoms. The van der Waals surface area contributed by atoms with Gasteiger partial charge in [0.2, 0.25) is 0 Å². The lowest BCUT2D eigenvalue weighted by atomic mass is 9.98. The van der Waals surface area contributed by atoms with Crippen molar-refractivity contribution < 1.29 is 9.32 Å². The number of fused-ring (bicyclic) bond motifs is 1. The van der Waals surface area contributed by atoms with Gasteiger partial charge in [0, 0.05) is 40.5 Å². The number of aliphatic hydroxyl groups is 1. The molecular weight excluding hydrogens is 408 g/mol. The molecule has 3 aromatic heterocycles. The summed E-state index contributed by atoms with van der Waals surface area (Å²) in [5, 5.41) is 16.0. The second kappa shape index (κ2) is 8.32. The summed E-state index contributed by atoms with van der Waals surface area (Å²) >= 11 is 0. The quantitative estimate of drug-likeness (QED) is 0.482. The van der Waals surface area contributed by atoms with Crippen LogP contribution in [-0.4, -0.2) is 34.8 Å². The van der Waals surface area contributed by atoms with E-state index in [0.29, 0.717) is 5.75 Å². The Labute approximate surface area is 184 Å². The van der Waals surface area contributed by atoms with Gasteiger partial charge < -0.3 is 5.11 Å². The van der Waals surface area contributed by atoms with Gasteiger partial charge in [-0.15, -0.1) is 0 Å². The van der Waals surface area contributed by atoms with Crippen LogP contribution in [0.25, 0.3) is 33.5 Å². The third-order valence-electron chi connectivity index (χ3n) is 5.31. The molecule has 0 aliphatic heterocycles. The van der Waals surface area contributed by atoms with Crippen LogP contribution in [-0.2, 0) is 22.9 Å². The van der Waals surface area contributed by atoms with Crippen LogP contribution >= 0.6 is 0 Å². The predicted molar refractivity (Wildman–Crippen MR) is 124 cm³/mol. The Balaban J connectivity index is 1.76. The molecule has 0 amide bonds. The van der Waals surface area contributed by atoms with E-state index in [1.54, 1.807) is 26.2 Å². The van der Waals surface area contributed by atoms with Crippen molar-refractivity contribution in [3.63, 3.8) is 0 Å². The summed E-state index contributed by atoms with van der Waals surface area (Å²) in [6, 6.07) is 13.4. The van der Waals surface area contributed by atoms with E-state index in [4.69, 9.17) is 5.10 Å². The lowest BCUT2D eigenvalue weighted by molar-refractivity contribution is 0.0785. The maximum absolute atomic E-state index is 12.3. The van der Waals surface area contributed by atoms with Crippen molar-refractivity contribution in [2.45, 2.75) is 44.7 Å². The van der Waals surface area contributed by atoms with E-state index in [1.165, 1.54) is 0 Å². The Morgan fingerprint density at radius 2 is 1.84 bits per heavy atom. The highest BCUT2D eigenvalue weighted by Gasteiger charge is 2.18. The van der Waals surface area contributed by atoms with Crippen molar-refractivity contribution in [1.29, 1.82) is 0 Å². The summed E-state index contributed by atoms with van der Waals surface area (Å²) in [6.45, 7) is 8.20. The average Bonchev–Trinajstić information content (AvgIpc) is 3.16. The predicted octanol–water partition coefficient (Wildman–Crippen LogP) is 4.54. The van der Waals surface area contributed by atoms with E-state index < -0.39 is 16.4 Å². The van der Waals surface area contributed by atoms with Gasteiger partial charge in [-0.25, -0.2) is 0 Å². The van der Waals surface area contributed by atoms with Crippen molar-refractivity contribution in [1.82, 2.24) is 19.7 Å². The molecule has 31 heavy (non-hydrogen) atoms. The van der Waals surface area contributed by atoms with Crippen LogP contribution in [0, 0.1) is 0 Å². The van der Waals surface area contributed by atoms with Crippen molar-refractivity contribution >= 4 is 21.7 Å². The van der Waals surface area contributed by atoms with E-state index in [2.05, 4.69) is 9.97 Å². The number of pyridine rings is 2. The van der Waals surface area contributed by atoms with Gasteiger partial charge in [-0.1, -0.05) is 6.92 Å². The number of benzene rings is 1. The van der Waals surface area contributed by atoms with Gasteiger partial charge in [0.25, 0.3) is 0 Å². The van der Waals surface area contributed by atoms with Gasteiger partial charge in [-0.05, 0) is 68.8 Å². The van der Waals surface area contributed by atoms with Crippen LogP contribution in [0.1, 0.15) is 33.3 Å². The van der Waals surface area contributed by atoms with E-state index in [0.717, 1.165) is 50.6 Å². The van der Waals surface area contributed by atoms with E-state index in [-0.39, 0.29) is 0 Å². The van der Waals surface area contributed by atoms with E-state index >= 15 is 0 Å². The second-order valence-corrected chi connectivity index (χ2v) is 9.64. The Hall–Kier alpha value is -2.90. The Morgan fingerprint density at radius 1 is 1.03 bits per heavy atom. The molecule has 0 aliphatic carbocycles. The minimum atomic E-state index is -1.03. The van der Waals surface area contributed by atoms with Gasteiger partial charge in [0.05, 0.1) is 33.3 Å². The minimum Gasteiger partial charge on any atom is -0.386 e. The molecule has 1 atom stereocenters. The summed E-state index contributed by atoms with van der Waals surface area (Å²) in [6.07, 6.45) is 3.47. The van der Waals surface area contributed by atoms with E-state index in [9.17, 15) is 9.32 Å². The summed E-state index contributed by atoms with van der Waals surface area (Å²) in [4.78, 5) is 9.89. The molecule has 0 saturated carbocycles. The number of hydrogen-bond donors (Lipinski definition) is 1. The molecule has 0 radical (unpaired) electrons. The molecule has 0 spiro atoms. The van der Waals surface area contributed by atoms with Crippen molar-refractivity contribution in [3.05, 3.63) is 60.4 Å². The maximum atomic E-state index is 12.3. The van der Waals surface area contributed by atoms with Gasteiger partial charge >= 0.3 is 0 Å². The zero-order valence-corrected chi connectivity index (χ0v) is 19.0. The number of hydrogen-bond acceptors (Lipinski definition) is 5. The average molecular weight is 435 g/mol. The zero-order chi connectivity index (χ0) is 22.2. The normalized spacial score (nSPS) is 12.9. The standard InChI is InChI=1S/C24H26N4O2S/c1-5-28-22-10-8-18(31(30)6-2)14-19(22)23(27-28)20-9-7-16(15-26-20)21-13-17(11-12-25-21)24(3,4)29/h7-15,29H,5-6H2,1-4H3. The monoisotopic (exact) mass is 434 g/mol. The first-order chi connectivity index (χ1) is 14.8. The van der Waals surface area contributed by atoms with Crippen LogP contribution in [0.4, 0.5) is 0 Å². The number of nitrogens with zero attached hydrogens (tertiary/aromatic N) is 4. The molecule has 0 aliphatic rings. The highest BCUT2D eigenvalue weighted by molar-refractivity contribution is 7.85. The summed E-state index contributed by atoms with van der Waals surface area (Å²) in [5.41, 5.74) is 4.00. The molecule has 0 saturated heterocycles. The first-order valence-electron chi connectivity index (χ1n) is 10.4. The molecule has 1 aromatic carbocycles. The molecule has 4 aromatic rings. The van der Waals surface area contributed by atoms with Gasteiger partial charge in [-0.2, -0.15) is 5.10 Å². The fourth-order valence-electron chi connectivity index (χ4n) is 3.55. The van der Waals surface area contributed by atoms with Crippen LogP contribution in [0.2, 0.25) is 0 Å². The third kappa shape index (κ3) is 4.16. The molecule has 160 valence electrons. The fraction of sp³-hybridized carbons (Fsp3) is 0.292. The summed E-state index contributed by atoms with van der Waals surface area (Å²) < 4.78 is 14.3. The summed E-state index contributed by atoms with van der Waals surface area (Å²) in [7, 11) is -1.03. The molecule has 0 bridgehead atoms. The molecule has 4 rings (SSSR count). The molecule has 0 fully saturated rings. The van der Waals surface area contributed by atoms with Crippen molar-refractivity contribution in [2.75, 3.05) is 5.75 Å². The van der Waals surface area contributed by atoms with Gasteiger partial charge in [0.15, 0.2) is 0 Å². The third-order valence-corrected chi connectivity index (χ3v) is 6.62. The number of aromatic nitrogens is 4. The highest BCUT2D eigenvalue weighted by atomic mass is 32.2. The SMILES string of the molecule is CCn1nc(-c2ccc(-c3cc(C(C)(C)O)ccn3)cn2)c2cc(S(=O)CC)ccc21.